The molecule has 0 aliphatic heterocycles. The Hall–Kier alpha value is -2.93. The lowest BCUT2D eigenvalue weighted by atomic mass is 10.2. The second kappa shape index (κ2) is 7.10. The predicted octanol–water partition coefficient (Wildman–Crippen LogP) is 3.47. The molecule has 3 aromatic rings. The monoisotopic (exact) mass is 344 g/mol. The number of hydrogen-bond donors (Lipinski definition) is 0. The Morgan fingerprint density at radius 3 is 2.75 bits per heavy atom. The third-order valence-corrected chi connectivity index (χ3v) is 3.50. The number of nitrogens with zero attached hydrogens (tertiary/aromatic N) is 4. The molecular formula is C16H13ClN4O3. The van der Waals surface area contributed by atoms with Gasteiger partial charge in [0.1, 0.15) is 18.1 Å². The normalized spacial score (nSPS) is 10.5. The standard InChI is InChI=1S/C16H13ClN4O3/c17-13-4-6-16(7-5-13)24-11-14-10-20(19-18-14)9-12-2-1-3-15(8-12)21(22)23/h1-8,10H,9,11H2. The lowest BCUT2D eigenvalue weighted by molar-refractivity contribution is -0.384. The zero-order valence-electron chi connectivity index (χ0n) is 12.5. The Bertz CT molecular complexity index is 849. The average Bonchev–Trinajstić information content (AvgIpc) is 3.02. The fourth-order valence-corrected chi connectivity index (χ4v) is 2.25. The molecule has 2 aromatic carbocycles. The molecule has 0 bridgehead atoms. The van der Waals surface area contributed by atoms with Crippen molar-refractivity contribution in [2.24, 2.45) is 0 Å². The van der Waals surface area contributed by atoms with Crippen LogP contribution in [0.1, 0.15) is 11.3 Å². The largest absolute Gasteiger partial charge is 0.487 e. The van der Waals surface area contributed by atoms with Gasteiger partial charge in [-0.15, -0.1) is 5.10 Å². The van der Waals surface area contributed by atoms with Gasteiger partial charge in [-0.05, 0) is 29.8 Å². The summed E-state index contributed by atoms with van der Waals surface area (Å²) in [6, 6.07) is 13.5. The molecule has 0 amide bonds. The van der Waals surface area contributed by atoms with Crippen molar-refractivity contribution in [3.05, 3.63) is 81.1 Å². The number of ether oxygens (including phenoxy) is 1. The van der Waals surface area contributed by atoms with Gasteiger partial charge in [0.15, 0.2) is 0 Å². The summed E-state index contributed by atoms with van der Waals surface area (Å²) < 4.78 is 7.21. The number of nitro benzene ring substituents is 1. The lowest BCUT2D eigenvalue weighted by Crippen LogP contribution is -2.01. The van der Waals surface area contributed by atoms with Gasteiger partial charge in [0.25, 0.3) is 5.69 Å². The van der Waals surface area contributed by atoms with Gasteiger partial charge < -0.3 is 4.74 Å². The first-order valence-corrected chi connectivity index (χ1v) is 7.49. The molecule has 0 unspecified atom stereocenters. The van der Waals surface area contributed by atoms with Crippen molar-refractivity contribution in [3.8, 4) is 5.75 Å². The highest BCUT2D eigenvalue weighted by Crippen LogP contribution is 2.17. The molecule has 0 spiro atoms. The van der Waals surface area contributed by atoms with Crippen LogP contribution in [0.25, 0.3) is 0 Å². The molecule has 0 fully saturated rings. The van der Waals surface area contributed by atoms with Crippen LogP contribution in [0.15, 0.2) is 54.7 Å². The van der Waals surface area contributed by atoms with E-state index in [0.717, 1.165) is 5.56 Å². The van der Waals surface area contributed by atoms with Gasteiger partial charge in [0, 0.05) is 17.2 Å². The Morgan fingerprint density at radius 2 is 2.00 bits per heavy atom. The van der Waals surface area contributed by atoms with Crippen molar-refractivity contribution >= 4 is 17.3 Å². The summed E-state index contributed by atoms with van der Waals surface area (Å²) in [6.45, 7) is 0.673. The van der Waals surface area contributed by atoms with Crippen LogP contribution >= 0.6 is 11.6 Å². The molecule has 0 N–H and O–H groups in total. The SMILES string of the molecule is O=[N+]([O-])c1cccc(Cn2cc(COc3ccc(Cl)cc3)nn2)c1. The Morgan fingerprint density at radius 1 is 1.21 bits per heavy atom. The van der Waals surface area contributed by atoms with Crippen LogP contribution in [0, 0.1) is 10.1 Å². The van der Waals surface area contributed by atoms with E-state index >= 15 is 0 Å². The van der Waals surface area contributed by atoms with Crippen molar-refractivity contribution in [1.29, 1.82) is 0 Å². The number of benzene rings is 2. The van der Waals surface area contributed by atoms with Crippen LogP contribution in [0.3, 0.4) is 0 Å². The van der Waals surface area contributed by atoms with E-state index in [1.165, 1.54) is 12.1 Å². The van der Waals surface area contributed by atoms with E-state index in [0.29, 0.717) is 23.0 Å². The highest BCUT2D eigenvalue weighted by Gasteiger charge is 2.07. The van der Waals surface area contributed by atoms with E-state index in [4.69, 9.17) is 16.3 Å². The topological polar surface area (TPSA) is 83.1 Å². The van der Waals surface area contributed by atoms with E-state index in [9.17, 15) is 10.1 Å². The highest BCUT2D eigenvalue weighted by molar-refractivity contribution is 6.30. The van der Waals surface area contributed by atoms with Crippen LogP contribution in [0.2, 0.25) is 5.02 Å². The fraction of sp³-hybridized carbons (Fsp3) is 0.125. The maximum atomic E-state index is 10.8. The number of rotatable bonds is 6. The molecule has 3 rings (SSSR count). The highest BCUT2D eigenvalue weighted by atomic mass is 35.5. The quantitative estimate of drug-likeness (QED) is 0.505. The van der Waals surface area contributed by atoms with E-state index in [1.54, 1.807) is 47.3 Å². The molecular weight excluding hydrogens is 332 g/mol. The van der Waals surface area contributed by atoms with Crippen molar-refractivity contribution < 1.29 is 9.66 Å². The molecule has 1 heterocycles. The number of hydrogen-bond acceptors (Lipinski definition) is 5. The van der Waals surface area contributed by atoms with Gasteiger partial charge in [0.2, 0.25) is 0 Å². The third kappa shape index (κ3) is 4.08. The minimum Gasteiger partial charge on any atom is -0.487 e. The second-order valence-electron chi connectivity index (χ2n) is 5.08. The first-order valence-electron chi connectivity index (χ1n) is 7.11. The van der Waals surface area contributed by atoms with Crippen LogP contribution in [-0.2, 0) is 13.2 Å². The summed E-state index contributed by atoms with van der Waals surface area (Å²) in [4.78, 5) is 10.4. The Balaban J connectivity index is 1.62. The van der Waals surface area contributed by atoms with Crippen molar-refractivity contribution in [2.75, 3.05) is 0 Å². The van der Waals surface area contributed by atoms with Crippen LogP contribution < -0.4 is 4.74 Å². The van der Waals surface area contributed by atoms with E-state index < -0.39 is 4.92 Å². The summed E-state index contributed by atoms with van der Waals surface area (Å²) in [5, 5.41) is 19.5. The third-order valence-electron chi connectivity index (χ3n) is 3.25. The zero-order chi connectivity index (χ0) is 16.9. The van der Waals surface area contributed by atoms with E-state index in [1.807, 2.05) is 0 Å². The molecule has 0 saturated carbocycles. The molecule has 0 saturated heterocycles. The van der Waals surface area contributed by atoms with Gasteiger partial charge in [-0.3, -0.25) is 10.1 Å². The summed E-state index contributed by atoms with van der Waals surface area (Å²) in [7, 11) is 0. The summed E-state index contributed by atoms with van der Waals surface area (Å²) >= 11 is 5.82. The minimum atomic E-state index is -0.420. The molecule has 0 radical (unpaired) electrons. The minimum absolute atomic E-state index is 0.0545. The smallest absolute Gasteiger partial charge is 0.269 e. The lowest BCUT2D eigenvalue weighted by Gasteiger charge is -2.03. The molecule has 1 aromatic heterocycles. The summed E-state index contributed by atoms with van der Waals surface area (Å²) in [5.41, 5.74) is 1.49. The van der Waals surface area contributed by atoms with Crippen molar-refractivity contribution in [3.63, 3.8) is 0 Å². The van der Waals surface area contributed by atoms with Gasteiger partial charge >= 0.3 is 0 Å². The van der Waals surface area contributed by atoms with Crippen LogP contribution in [0.5, 0.6) is 5.75 Å². The van der Waals surface area contributed by atoms with Crippen LogP contribution in [0.4, 0.5) is 5.69 Å². The Kier molecular flexibility index (Phi) is 4.72. The molecule has 24 heavy (non-hydrogen) atoms. The first-order chi connectivity index (χ1) is 11.6. The maximum Gasteiger partial charge on any atom is 0.269 e. The molecule has 0 aliphatic carbocycles. The predicted molar refractivity (Wildman–Crippen MR) is 88.0 cm³/mol. The van der Waals surface area contributed by atoms with Gasteiger partial charge in [0.05, 0.1) is 17.7 Å². The number of non-ortho nitro benzene ring substituents is 1. The second-order valence-corrected chi connectivity index (χ2v) is 5.51. The first kappa shape index (κ1) is 15.9. The summed E-state index contributed by atoms with van der Waals surface area (Å²) in [6.07, 6.45) is 1.74. The average molecular weight is 345 g/mol. The molecule has 7 nitrogen and oxygen atoms in total. The zero-order valence-corrected chi connectivity index (χ0v) is 13.3. The van der Waals surface area contributed by atoms with Crippen molar-refractivity contribution in [1.82, 2.24) is 15.0 Å². The van der Waals surface area contributed by atoms with Gasteiger partial charge in [-0.25, -0.2) is 4.68 Å². The summed E-state index contributed by atoms with van der Waals surface area (Å²) in [5.74, 6) is 0.688. The Labute approximate surface area is 142 Å². The maximum absolute atomic E-state index is 10.8. The molecule has 0 aliphatic rings. The van der Waals surface area contributed by atoms with Gasteiger partial charge in [-0.2, -0.15) is 0 Å². The van der Waals surface area contributed by atoms with Crippen molar-refractivity contribution in [2.45, 2.75) is 13.2 Å². The fourth-order valence-electron chi connectivity index (χ4n) is 2.13. The molecule has 0 atom stereocenters. The van der Waals surface area contributed by atoms with E-state index in [2.05, 4.69) is 10.3 Å². The van der Waals surface area contributed by atoms with E-state index in [-0.39, 0.29) is 12.3 Å². The molecule has 8 heteroatoms. The van der Waals surface area contributed by atoms with Crippen LogP contribution in [-0.4, -0.2) is 19.9 Å². The number of halogens is 1. The van der Waals surface area contributed by atoms with Gasteiger partial charge in [-0.1, -0.05) is 28.9 Å². The number of aromatic nitrogens is 3. The molecule has 122 valence electrons. The number of nitro groups is 1.